The van der Waals surface area contributed by atoms with E-state index in [0.717, 1.165) is 6.07 Å². The molecular formula is C11H16BrNO5S. The van der Waals surface area contributed by atoms with Crippen LogP contribution >= 0.6 is 15.9 Å². The Kier molecular flexibility index (Phi) is 4.48. The number of furan rings is 1. The van der Waals surface area contributed by atoms with Crippen molar-refractivity contribution in [2.75, 3.05) is 7.05 Å². The van der Waals surface area contributed by atoms with Crippen LogP contribution in [0.25, 0.3) is 0 Å². The van der Waals surface area contributed by atoms with Gasteiger partial charge >= 0.3 is 5.97 Å². The maximum absolute atomic E-state index is 12.4. The van der Waals surface area contributed by atoms with Crippen molar-refractivity contribution in [3.63, 3.8) is 0 Å². The van der Waals surface area contributed by atoms with E-state index in [1.807, 2.05) is 6.92 Å². The van der Waals surface area contributed by atoms with Crippen molar-refractivity contribution in [1.82, 2.24) is 4.31 Å². The molecule has 1 rings (SSSR count). The molecular weight excluding hydrogens is 338 g/mol. The second-order valence-corrected chi connectivity index (χ2v) is 7.35. The molecule has 0 bridgehead atoms. The summed E-state index contributed by atoms with van der Waals surface area (Å²) in [6, 6.07) is 1.00. The minimum atomic E-state index is -3.82. The number of carboxylic acid groups (broad SMARTS) is 1. The number of halogens is 1. The fraction of sp³-hybridized carbons (Fsp3) is 0.545. The van der Waals surface area contributed by atoms with E-state index in [0.29, 0.717) is 6.42 Å². The monoisotopic (exact) mass is 353 g/mol. The number of hydrogen-bond acceptors (Lipinski definition) is 4. The first kappa shape index (κ1) is 16.2. The van der Waals surface area contributed by atoms with Crippen molar-refractivity contribution in [3.05, 3.63) is 16.5 Å². The van der Waals surface area contributed by atoms with Gasteiger partial charge in [0.1, 0.15) is 4.90 Å². The lowest BCUT2D eigenvalue weighted by Crippen LogP contribution is -2.44. The van der Waals surface area contributed by atoms with E-state index in [1.54, 1.807) is 13.8 Å². The molecule has 0 aliphatic rings. The third kappa shape index (κ3) is 3.01. The number of nitrogens with zero attached hydrogens (tertiary/aromatic N) is 1. The van der Waals surface area contributed by atoms with E-state index in [-0.39, 0.29) is 9.56 Å². The van der Waals surface area contributed by atoms with Crippen LogP contribution in [-0.2, 0) is 10.0 Å². The second kappa shape index (κ2) is 5.26. The van der Waals surface area contributed by atoms with Gasteiger partial charge in [0.15, 0.2) is 4.67 Å². The predicted octanol–water partition coefficient (Wildman–Crippen LogP) is 2.55. The van der Waals surface area contributed by atoms with Crippen molar-refractivity contribution in [1.29, 1.82) is 0 Å². The topological polar surface area (TPSA) is 87.8 Å². The van der Waals surface area contributed by atoms with E-state index >= 15 is 0 Å². The molecule has 1 N–H and O–H groups in total. The Balaban J connectivity index is 3.32. The summed E-state index contributed by atoms with van der Waals surface area (Å²) in [7, 11) is -2.37. The molecule has 0 aliphatic carbocycles. The van der Waals surface area contributed by atoms with Crippen molar-refractivity contribution < 1.29 is 22.7 Å². The lowest BCUT2D eigenvalue weighted by Gasteiger charge is -2.33. The predicted molar refractivity (Wildman–Crippen MR) is 72.7 cm³/mol. The molecule has 0 saturated carbocycles. The molecule has 0 aromatic carbocycles. The largest absolute Gasteiger partial charge is 0.475 e. The van der Waals surface area contributed by atoms with Crippen LogP contribution in [0.1, 0.15) is 37.7 Å². The molecule has 19 heavy (non-hydrogen) atoms. The fourth-order valence-electron chi connectivity index (χ4n) is 1.33. The molecule has 6 nitrogen and oxygen atoms in total. The average Bonchev–Trinajstić information content (AvgIpc) is 2.71. The van der Waals surface area contributed by atoms with E-state index < -0.39 is 27.3 Å². The van der Waals surface area contributed by atoms with E-state index in [1.165, 1.54) is 11.4 Å². The zero-order chi connectivity index (χ0) is 15.0. The molecule has 1 heterocycles. The van der Waals surface area contributed by atoms with Crippen molar-refractivity contribution in [2.24, 2.45) is 0 Å². The maximum Gasteiger partial charge on any atom is 0.371 e. The highest BCUT2D eigenvalue weighted by atomic mass is 79.9. The lowest BCUT2D eigenvalue weighted by atomic mass is 10.0. The molecule has 0 fully saturated rings. The van der Waals surface area contributed by atoms with Crippen molar-refractivity contribution >= 4 is 31.9 Å². The third-order valence-corrected chi connectivity index (χ3v) is 6.15. The molecule has 108 valence electrons. The van der Waals surface area contributed by atoms with Gasteiger partial charge < -0.3 is 9.52 Å². The lowest BCUT2D eigenvalue weighted by molar-refractivity contribution is 0.0661. The van der Waals surface area contributed by atoms with Crippen LogP contribution in [-0.4, -0.2) is 36.4 Å². The van der Waals surface area contributed by atoms with Crippen LogP contribution in [0.4, 0.5) is 0 Å². The number of aromatic carboxylic acids is 1. The third-order valence-electron chi connectivity index (χ3n) is 3.22. The van der Waals surface area contributed by atoms with Gasteiger partial charge in [-0.25, -0.2) is 13.2 Å². The Morgan fingerprint density at radius 2 is 2.05 bits per heavy atom. The van der Waals surface area contributed by atoms with Gasteiger partial charge in [-0.15, -0.1) is 0 Å². The van der Waals surface area contributed by atoms with Gasteiger partial charge in [-0.05, 0) is 36.2 Å². The zero-order valence-corrected chi connectivity index (χ0v) is 13.5. The number of carboxylic acids is 1. The van der Waals surface area contributed by atoms with E-state index in [2.05, 4.69) is 15.9 Å². The molecule has 0 unspecified atom stereocenters. The number of hydrogen-bond donors (Lipinski definition) is 1. The van der Waals surface area contributed by atoms with Crippen LogP contribution in [0, 0.1) is 0 Å². The second-order valence-electron chi connectivity index (χ2n) is 4.69. The quantitative estimate of drug-likeness (QED) is 0.878. The highest BCUT2D eigenvalue weighted by molar-refractivity contribution is 9.10. The molecule has 1 aromatic heterocycles. The van der Waals surface area contributed by atoms with Crippen LogP contribution in [0.3, 0.4) is 0 Å². The summed E-state index contributed by atoms with van der Waals surface area (Å²) >= 11 is 2.94. The zero-order valence-electron chi connectivity index (χ0n) is 11.1. The van der Waals surface area contributed by atoms with Crippen LogP contribution < -0.4 is 0 Å². The highest BCUT2D eigenvalue weighted by Crippen LogP contribution is 2.32. The summed E-state index contributed by atoms with van der Waals surface area (Å²) in [6.45, 7) is 5.45. The van der Waals surface area contributed by atoms with Gasteiger partial charge in [-0.3, -0.25) is 0 Å². The Labute approximate surface area is 120 Å². The van der Waals surface area contributed by atoms with Crippen molar-refractivity contribution in [2.45, 2.75) is 37.6 Å². The smallest absolute Gasteiger partial charge is 0.371 e. The summed E-state index contributed by atoms with van der Waals surface area (Å²) in [6.07, 6.45) is 0.615. The first-order valence-electron chi connectivity index (χ1n) is 5.55. The molecule has 8 heteroatoms. The molecule has 0 radical (unpaired) electrons. The molecule has 1 aromatic rings. The van der Waals surface area contributed by atoms with Gasteiger partial charge in [0, 0.05) is 18.7 Å². The van der Waals surface area contributed by atoms with Gasteiger partial charge in [0.25, 0.3) is 0 Å². The molecule has 0 saturated heterocycles. The number of sulfonamides is 1. The van der Waals surface area contributed by atoms with Gasteiger partial charge in [0.2, 0.25) is 15.8 Å². The molecule has 0 spiro atoms. The summed E-state index contributed by atoms with van der Waals surface area (Å²) in [5, 5.41) is 8.81. The maximum atomic E-state index is 12.4. The number of carbonyl (C=O) groups is 1. The van der Waals surface area contributed by atoms with Gasteiger partial charge in [-0.2, -0.15) is 4.31 Å². The normalized spacial score (nSPS) is 12.9. The van der Waals surface area contributed by atoms with Crippen LogP contribution in [0.2, 0.25) is 0 Å². The molecule has 0 atom stereocenters. The Hall–Kier alpha value is -0.860. The summed E-state index contributed by atoms with van der Waals surface area (Å²) in [5.74, 6) is -1.74. The highest BCUT2D eigenvalue weighted by Gasteiger charge is 2.36. The summed E-state index contributed by atoms with van der Waals surface area (Å²) in [5.41, 5.74) is -0.584. The van der Waals surface area contributed by atoms with Gasteiger partial charge in [-0.1, -0.05) is 6.92 Å². The SMILES string of the molecule is CCC(C)(C)N(C)S(=O)(=O)c1cc(C(=O)O)oc1Br. The minimum absolute atomic E-state index is 0.108. The standard InChI is InChI=1S/C11H16BrNO5S/c1-5-11(2,3)13(4)19(16,17)8-6-7(10(14)15)18-9(8)12/h6H,5H2,1-4H3,(H,14,15). The summed E-state index contributed by atoms with van der Waals surface area (Å²) in [4.78, 5) is 10.6. The Morgan fingerprint density at radius 3 is 2.42 bits per heavy atom. The van der Waals surface area contributed by atoms with E-state index in [4.69, 9.17) is 9.52 Å². The van der Waals surface area contributed by atoms with Crippen LogP contribution in [0.5, 0.6) is 0 Å². The fourth-order valence-corrected chi connectivity index (χ4v) is 3.81. The van der Waals surface area contributed by atoms with Crippen molar-refractivity contribution in [3.8, 4) is 0 Å². The Morgan fingerprint density at radius 1 is 1.53 bits per heavy atom. The average molecular weight is 354 g/mol. The van der Waals surface area contributed by atoms with Gasteiger partial charge in [0.05, 0.1) is 0 Å². The number of rotatable bonds is 5. The summed E-state index contributed by atoms with van der Waals surface area (Å²) < 4.78 is 30.8. The van der Waals surface area contributed by atoms with E-state index in [9.17, 15) is 13.2 Å². The molecule has 0 amide bonds. The first-order valence-corrected chi connectivity index (χ1v) is 7.79. The molecule has 0 aliphatic heterocycles. The Bertz CT molecular complexity index is 590. The van der Waals surface area contributed by atoms with Crippen LogP contribution in [0.15, 0.2) is 20.0 Å². The minimum Gasteiger partial charge on any atom is -0.475 e. The first-order chi connectivity index (χ1) is 8.54.